The lowest BCUT2D eigenvalue weighted by molar-refractivity contribution is -0.133. The van der Waals surface area contributed by atoms with E-state index in [4.69, 9.17) is 0 Å². The highest BCUT2D eigenvalue weighted by atomic mass is 16.2. The minimum Gasteiger partial charge on any atom is -0.344 e. The Morgan fingerprint density at radius 1 is 1.32 bits per heavy atom. The van der Waals surface area contributed by atoms with Gasteiger partial charge in [-0.25, -0.2) is 0 Å². The molecule has 1 heterocycles. The topological polar surface area (TPSA) is 32.3 Å². The summed E-state index contributed by atoms with van der Waals surface area (Å²) < 4.78 is 0. The smallest absolute Gasteiger partial charge is 0.239 e. The van der Waals surface area contributed by atoms with Crippen LogP contribution in [0, 0.1) is 5.92 Å². The molecule has 1 aliphatic carbocycles. The summed E-state index contributed by atoms with van der Waals surface area (Å²) in [7, 11) is 1.95. The minimum atomic E-state index is -0.0417. The standard InChI is InChI=1S/C16H22N2O/c1-18(11-12-5-4-6-12)16(19)15-9-13-7-2-3-8-14(13)10-17-15/h2-3,7-8,12,15,17H,4-6,9-11H2,1H3/t15-/m1/s1. The van der Waals surface area contributed by atoms with Crippen molar-refractivity contribution in [1.82, 2.24) is 10.2 Å². The van der Waals surface area contributed by atoms with E-state index in [2.05, 4.69) is 29.6 Å². The fourth-order valence-corrected chi connectivity index (χ4v) is 3.05. The number of nitrogens with one attached hydrogen (secondary N) is 1. The molecular weight excluding hydrogens is 236 g/mol. The molecule has 2 aliphatic rings. The third kappa shape index (κ3) is 2.66. The van der Waals surface area contributed by atoms with Gasteiger partial charge in [-0.1, -0.05) is 30.7 Å². The quantitative estimate of drug-likeness (QED) is 0.899. The van der Waals surface area contributed by atoms with Crippen molar-refractivity contribution < 1.29 is 4.79 Å². The highest BCUT2D eigenvalue weighted by Crippen LogP contribution is 2.27. The lowest BCUT2D eigenvalue weighted by Crippen LogP contribution is -2.49. The van der Waals surface area contributed by atoms with E-state index >= 15 is 0 Å². The van der Waals surface area contributed by atoms with Crippen molar-refractivity contribution in [2.24, 2.45) is 5.92 Å². The first kappa shape index (κ1) is 12.7. The molecule has 1 aliphatic heterocycles. The lowest BCUT2D eigenvalue weighted by atomic mass is 9.85. The van der Waals surface area contributed by atoms with E-state index < -0.39 is 0 Å². The van der Waals surface area contributed by atoms with Gasteiger partial charge in [0.2, 0.25) is 5.91 Å². The molecule has 0 spiro atoms. The largest absolute Gasteiger partial charge is 0.344 e. The summed E-state index contributed by atoms with van der Waals surface area (Å²) in [5.74, 6) is 0.992. The molecule has 3 rings (SSSR count). The Balaban J connectivity index is 1.62. The minimum absolute atomic E-state index is 0.0417. The summed E-state index contributed by atoms with van der Waals surface area (Å²) >= 11 is 0. The van der Waals surface area contributed by atoms with Gasteiger partial charge < -0.3 is 10.2 Å². The molecule has 0 saturated heterocycles. The van der Waals surface area contributed by atoms with Gasteiger partial charge in [-0.2, -0.15) is 0 Å². The van der Waals surface area contributed by atoms with E-state index in [9.17, 15) is 4.79 Å². The Labute approximate surface area is 115 Å². The van der Waals surface area contributed by atoms with Gasteiger partial charge in [0.1, 0.15) is 0 Å². The lowest BCUT2D eigenvalue weighted by Gasteiger charge is -2.33. The molecule has 1 saturated carbocycles. The van der Waals surface area contributed by atoms with E-state index in [1.54, 1.807) is 0 Å². The van der Waals surface area contributed by atoms with Crippen molar-refractivity contribution >= 4 is 5.91 Å². The van der Waals surface area contributed by atoms with E-state index in [0.29, 0.717) is 0 Å². The summed E-state index contributed by atoms with van der Waals surface area (Å²) in [5.41, 5.74) is 2.64. The molecule has 102 valence electrons. The predicted octanol–water partition coefficient (Wildman–Crippen LogP) is 1.96. The van der Waals surface area contributed by atoms with Crippen molar-refractivity contribution in [1.29, 1.82) is 0 Å². The van der Waals surface area contributed by atoms with Crippen LogP contribution in [0.5, 0.6) is 0 Å². The van der Waals surface area contributed by atoms with Gasteiger partial charge in [0, 0.05) is 20.1 Å². The number of amides is 1. The normalized spacial score (nSPS) is 22.5. The fourth-order valence-electron chi connectivity index (χ4n) is 3.05. The number of nitrogens with zero attached hydrogens (tertiary/aromatic N) is 1. The molecule has 19 heavy (non-hydrogen) atoms. The maximum absolute atomic E-state index is 12.4. The third-order valence-electron chi connectivity index (χ3n) is 4.51. The van der Waals surface area contributed by atoms with Crippen LogP contribution in [0.15, 0.2) is 24.3 Å². The number of fused-ring (bicyclic) bond motifs is 1. The number of hydrogen-bond acceptors (Lipinski definition) is 2. The Bertz CT molecular complexity index is 468. The first-order valence-corrected chi connectivity index (χ1v) is 7.29. The van der Waals surface area contributed by atoms with Crippen LogP contribution < -0.4 is 5.32 Å². The zero-order valence-electron chi connectivity index (χ0n) is 11.6. The first-order valence-electron chi connectivity index (χ1n) is 7.29. The maximum atomic E-state index is 12.4. The van der Waals surface area contributed by atoms with Crippen LogP contribution in [0.3, 0.4) is 0 Å². The van der Waals surface area contributed by atoms with Gasteiger partial charge >= 0.3 is 0 Å². The van der Waals surface area contributed by atoms with Crippen LogP contribution in [0.2, 0.25) is 0 Å². The number of likely N-dealkylation sites (N-methyl/N-ethyl adjacent to an activating group) is 1. The molecule has 1 amide bonds. The molecule has 1 N–H and O–H groups in total. The fraction of sp³-hybridized carbons (Fsp3) is 0.562. The van der Waals surface area contributed by atoms with Crippen molar-refractivity contribution in [2.45, 2.75) is 38.3 Å². The van der Waals surface area contributed by atoms with Gasteiger partial charge in [-0.15, -0.1) is 0 Å². The molecular formula is C16H22N2O. The second-order valence-electron chi connectivity index (χ2n) is 5.92. The summed E-state index contributed by atoms with van der Waals surface area (Å²) in [6.07, 6.45) is 4.74. The highest BCUT2D eigenvalue weighted by molar-refractivity contribution is 5.82. The molecule has 0 unspecified atom stereocenters. The second-order valence-corrected chi connectivity index (χ2v) is 5.92. The summed E-state index contributed by atoms with van der Waals surface area (Å²) in [6, 6.07) is 8.36. The predicted molar refractivity (Wildman–Crippen MR) is 75.8 cm³/mol. The molecule has 1 aromatic rings. The Hall–Kier alpha value is -1.35. The van der Waals surface area contributed by atoms with E-state index in [0.717, 1.165) is 25.4 Å². The summed E-state index contributed by atoms with van der Waals surface area (Å²) in [6.45, 7) is 1.74. The van der Waals surface area contributed by atoms with Crippen LogP contribution >= 0.6 is 0 Å². The highest BCUT2D eigenvalue weighted by Gasteiger charge is 2.28. The van der Waals surface area contributed by atoms with Crippen molar-refractivity contribution in [2.75, 3.05) is 13.6 Å². The number of rotatable bonds is 3. The Kier molecular flexibility index (Phi) is 3.56. The van der Waals surface area contributed by atoms with Gasteiger partial charge in [-0.05, 0) is 36.3 Å². The monoisotopic (exact) mass is 258 g/mol. The van der Waals surface area contributed by atoms with E-state index in [1.807, 2.05) is 11.9 Å². The van der Waals surface area contributed by atoms with Crippen LogP contribution in [0.1, 0.15) is 30.4 Å². The van der Waals surface area contributed by atoms with Crippen LogP contribution in [-0.2, 0) is 17.8 Å². The van der Waals surface area contributed by atoms with Gasteiger partial charge in [0.25, 0.3) is 0 Å². The maximum Gasteiger partial charge on any atom is 0.239 e. The molecule has 3 nitrogen and oxygen atoms in total. The Morgan fingerprint density at radius 3 is 2.74 bits per heavy atom. The molecule has 0 bridgehead atoms. The van der Waals surface area contributed by atoms with Gasteiger partial charge in [-0.3, -0.25) is 4.79 Å². The van der Waals surface area contributed by atoms with Crippen molar-refractivity contribution in [3.63, 3.8) is 0 Å². The van der Waals surface area contributed by atoms with Crippen molar-refractivity contribution in [3.8, 4) is 0 Å². The average molecular weight is 258 g/mol. The molecule has 1 fully saturated rings. The molecule has 1 atom stereocenters. The molecule has 0 radical (unpaired) electrons. The van der Waals surface area contributed by atoms with E-state index in [1.165, 1.54) is 30.4 Å². The second kappa shape index (κ2) is 5.33. The SMILES string of the molecule is CN(CC1CCC1)C(=O)[C@H]1Cc2ccccc2CN1. The average Bonchev–Trinajstić information content (AvgIpc) is 2.41. The number of hydrogen-bond donors (Lipinski definition) is 1. The van der Waals surface area contributed by atoms with Crippen LogP contribution in [0.25, 0.3) is 0 Å². The van der Waals surface area contributed by atoms with Crippen LogP contribution in [-0.4, -0.2) is 30.4 Å². The third-order valence-corrected chi connectivity index (χ3v) is 4.51. The van der Waals surface area contributed by atoms with E-state index in [-0.39, 0.29) is 11.9 Å². The number of carbonyl (C=O) groups is 1. The Morgan fingerprint density at radius 2 is 2.05 bits per heavy atom. The van der Waals surface area contributed by atoms with Gasteiger partial charge in [0.15, 0.2) is 0 Å². The zero-order chi connectivity index (χ0) is 13.2. The number of benzene rings is 1. The van der Waals surface area contributed by atoms with Crippen LogP contribution in [0.4, 0.5) is 0 Å². The molecule has 1 aromatic carbocycles. The summed E-state index contributed by atoms with van der Waals surface area (Å²) in [5, 5.41) is 3.37. The molecule has 0 aromatic heterocycles. The van der Waals surface area contributed by atoms with Gasteiger partial charge in [0.05, 0.1) is 6.04 Å². The number of carbonyl (C=O) groups excluding carboxylic acids is 1. The van der Waals surface area contributed by atoms with Crippen molar-refractivity contribution in [3.05, 3.63) is 35.4 Å². The zero-order valence-corrected chi connectivity index (χ0v) is 11.6. The summed E-state index contributed by atoms with van der Waals surface area (Å²) in [4.78, 5) is 14.4. The first-order chi connectivity index (χ1) is 9.24. The molecule has 3 heteroatoms.